The molecule has 2 aromatic carbocycles. The van der Waals surface area contributed by atoms with Crippen molar-refractivity contribution in [2.45, 2.75) is 13.1 Å². The van der Waals surface area contributed by atoms with Gasteiger partial charge in [0.25, 0.3) is 5.56 Å². The average molecular weight is 332 g/mol. The van der Waals surface area contributed by atoms with E-state index in [1.54, 1.807) is 35.1 Å². The minimum atomic E-state index is -0.344. The quantitative estimate of drug-likeness (QED) is 0.577. The summed E-state index contributed by atoms with van der Waals surface area (Å²) in [5, 5.41) is 0.518. The number of benzene rings is 2. The predicted octanol–water partition coefficient (Wildman–Crippen LogP) is 2.85. The Kier molecular flexibility index (Phi) is 3.82. The Bertz CT molecular complexity index is 1120. The van der Waals surface area contributed by atoms with Crippen LogP contribution < -0.4 is 11.2 Å². The molecule has 5 nitrogen and oxygen atoms in total. The molecule has 0 aliphatic rings. The zero-order valence-electron chi connectivity index (χ0n) is 13.5. The van der Waals surface area contributed by atoms with Gasteiger partial charge in [-0.3, -0.25) is 13.9 Å². The van der Waals surface area contributed by atoms with E-state index < -0.39 is 0 Å². The fraction of sp³-hybridized carbons (Fsp3) is 0.100. The highest BCUT2D eigenvalue weighted by Gasteiger charge is 2.14. The summed E-state index contributed by atoms with van der Waals surface area (Å²) in [4.78, 5) is 25.9. The van der Waals surface area contributed by atoms with Gasteiger partial charge in [0.15, 0.2) is 0 Å². The van der Waals surface area contributed by atoms with Crippen molar-refractivity contribution in [2.24, 2.45) is 0 Å². The topological polar surface area (TPSA) is 57.1 Å². The summed E-state index contributed by atoms with van der Waals surface area (Å²) in [5.74, 6) is 0.664. The van der Waals surface area contributed by atoms with Crippen LogP contribution in [0.15, 0.2) is 87.0 Å². The van der Waals surface area contributed by atoms with Crippen LogP contribution in [0.3, 0.4) is 0 Å². The van der Waals surface area contributed by atoms with Gasteiger partial charge in [-0.1, -0.05) is 42.5 Å². The molecular weight excluding hydrogens is 316 g/mol. The Balaban J connectivity index is 1.94. The lowest BCUT2D eigenvalue weighted by Crippen LogP contribution is -2.40. The zero-order valence-corrected chi connectivity index (χ0v) is 13.5. The molecule has 0 fully saturated rings. The highest BCUT2D eigenvalue weighted by molar-refractivity contribution is 5.77. The molecule has 2 aromatic heterocycles. The predicted molar refractivity (Wildman–Crippen MR) is 95.8 cm³/mol. The Morgan fingerprint density at radius 3 is 2.28 bits per heavy atom. The normalized spacial score (nSPS) is 11.0. The molecule has 0 spiro atoms. The van der Waals surface area contributed by atoms with Crippen molar-refractivity contribution in [3.8, 4) is 0 Å². The van der Waals surface area contributed by atoms with E-state index in [0.29, 0.717) is 16.7 Å². The van der Waals surface area contributed by atoms with E-state index in [1.165, 1.54) is 4.57 Å². The number of aromatic nitrogens is 2. The Morgan fingerprint density at radius 1 is 0.760 bits per heavy atom. The molecule has 0 aliphatic heterocycles. The van der Waals surface area contributed by atoms with Crippen LogP contribution in [0, 0.1) is 0 Å². The van der Waals surface area contributed by atoms with E-state index in [-0.39, 0.29) is 24.3 Å². The average Bonchev–Trinajstić information content (AvgIpc) is 3.16. The molecule has 0 atom stereocenters. The van der Waals surface area contributed by atoms with Gasteiger partial charge in [-0.25, -0.2) is 4.79 Å². The van der Waals surface area contributed by atoms with E-state index in [0.717, 1.165) is 5.56 Å². The molecule has 0 amide bonds. The van der Waals surface area contributed by atoms with Crippen LogP contribution in [0.1, 0.15) is 11.3 Å². The van der Waals surface area contributed by atoms with Gasteiger partial charge in [0, 0.05) is 0 Å². The number of rotatable bonds is 4. The van der Waals surface area contributed by atoms with Gasteiger partial charge in [-0.15, -0.1) is 0 Å². The summed E-state index contributed by atoms with van der Waals surface area (Å²) in [7, 11) is 0. The van der Waals surface area contributed by atoms with Crippen LogP contribution in [0.4, 0.5) is 0 Å². The molecule has 0 aliphatic carbocycles. The van der Waals surface area contributed by atoms with Crippen molar-refractivity contribution in [2.75, 3.05) is 0 Å². The summed E-state index contributed by atoms with van der Waals surface area (Å²) < 4.78 is 8.24. The van der Waals surface area contributed by atoms with Crippen molar-refractivity contribution in [1.29, 1.82) is 0 Å². The Labute approximate surface area is 143 Å². The number of furan rings is 1. The fourth-order valence-electron chi connectivity index (χ4n) is 2.99. The second-order valence-corrected chi connectivity index (χ2v) is 5.84. The van der Waals surface area contributed by atoms with E-state index in [4.69, 9.17) is 4.42 Å². The standard InChI is InChI=1S/C20H16N2O3/c23-19-17-10-4-5-11-18(17)21(14-16-9-6-12-25-16)20(24)22(19)13-15-7-2-1-3-8-15/h1-12H,13-14H2. The number of hydrogen-bond acceptors (Lipinski definition) is 3. The molecular formula is C20H16N2O3. The molecule has 0 N–H and O–H groups in total. The maximum Gasteiger partial charge on any atom is 0.332 e. The van der Waals surface area contributed by atoms with Gasteiger partial charge in [0.05, 0.1) is 30.3 Å². The molecule has 0 radical (unpaired) electrons. The summed E-state index contributed by atoms with van der Waals surface area (Å²) in [5.41, 5.74) is 0.892. The van der Waals surface area contributed by atoms with Gasteiger partial charge in [-0.2, -0.15) is 0 Å². The van der Waals surface area contributed by atoms with Gasteiger partial charge in [0.2, 0.25) is 0 Å². The number of para-hydroxylation sites is 1. The van der Waals surface area contributed by atoms with Crippen LogP contribution in [0.5, 0.6) is 0 Å². The largest absolute Gasteiger partial charge is 0.467 e. The third-order valence-corrected chi connectivity index (χ3v) is 4.21. The van der Waals surface area contributed by atoms with Crippen molar-refractivity contribution >= 4 is 10.9 Å². The lowest BCUT2D eigenvalue weighted by Gasteiger charge is -2.13. The SMILES string of the molecule is O=c1c2ccccc2n(Cc2ccco2)c(=O)n1Cc1ccccc1. The van der Waals surface area contributed by atoms with Crippen LogP contribution in [0.25, 0.3) is 10.9 Å². The van der Waals surface area contributed by atoms with Crippen LogP contribution >= 0.6 is 0 Å². The molecule has 0 unspecified atom stereocenters. The highest BCUT2D eigenvalue weighted by atomic mass is 16.3. The summed E-state index contributed by atoms with van der Waals surface area (Å²) >= 11 is 0. The maximum atomic E-state index is 13.0. The molecule has 0 saturated heterocycles. The summed E-state index contributed by atoms with van der Waals surface area (Å²) in [6.45, 7) is 0.517. The molecule has 124 valence electrons. The van der Waals surface area contributed by atoms with E-state index >= 15 is 0 Å². The third kappa shape index (κ3) is 2.80. The first-order valence-corrected chi connectivity index (χ1v) is 8.03. The maximum absolute atomic E-state index is 13.0. The van der Waals surface area contributed by atoms with Crippen molar-refractivity contribution in [3.63, 3.8) is 0 Å². The van der Waals surface area contributed by atoms with E-state index in [9.17, 15) is 9.59 Å². The van der Waals surface area contributed by atoms with Gasteiger partial charge < -0.3 is 4.42 Å². The Morgan fingerprint density at radius 2 is 1.52 bits per heavy atom. The molecule has 4 aromatic rings. The van der Waals surface area contributed by atoms with Gasteiger partial charge in [-0.05, 0) is 29.8 Å². The molecule has 4 rings (SSSR count). The minimum Gasteiger partial charge on any atom is -0.467 e. The molecule has 25 heavy (non-hydrogen) atoms. The van der Waals surface area contributed by atoms with Crippen LogP contribution in [0.2, 0.25) is 0 Å². The number of fused-ring (bicyclic) bond motifs is 1. The van der Waals surface area contributed by atoms with Crippen molar-refractivity contribution in [1.82, 2.24) is 9.13 Å². The Hall–Kier alpha value is -3.34. The lowest BCUT2D eigenvalue weighted by molar-refractivity contribution is 0.485. The zero-order chi connectivity index (χ0) is 17.2. The second-order valence-electron chi connectivity index (χ2n) is 5.84. The molecule has 2 heterocycles. The van der Waals surface area contributed by atoms with Gasteiger partial charge >= 0.3 is 5.69 Å². The van der Waals surface area contributed by atoms with Gasteiger partial charge in [0.1, 0.15) is 5.76 Å². The first kappa shape index (κ1) is 15.2. The monoisotopic (exact) mass is 332 g/mol. The fourth-order valence-corrected chi connectivity index (χ4v) is 2.99. The van der Waals surface area contributed by atoms with Crippen molar-refractivity contribution < 1.29 is 4.42 Å². The summed E-state index contributed by atoms with van der Waals surface area (Å²) in [6, 6.07) is 20.2. The smallest absolute Gasteiger partial charge is 0.332 e. The van der Waals surface area contributed by atoms with Crippen molar-refractivity contribution in [3.05, 3.63) is 105 Å². The first-order chi connectivity index (χ1) is 12.2. The number of hydrogen-bond donors (Lipinski definition) is 0. The molecule has 5 heteroatoms. The second kappa shape index (κ2) is 6.28. The molecule has 0 bridgehead atoms. The number of nitrogens with zero attached hydrogens (tertiary/aromatic N) is 2. The highest BCUT2D eigenvalue weighted by Crippen LogP contribution is 2.11. The van der Waals surface area contributed by atoms with Crippen LogP contribution in [-0.4, -0.2) is 9.13 Å². The summed E-state index contributed by atoms with van der Waals surface area (Å²) in [6.07, 6.45) is 1.57. The van der Waals surface area contributed by atoms with E-state index in [1.807, 2.05) is 42.5 Å². The third-order valence-electron chi connectivity index (χ3n) is 4.21. The van der Waals surface area contributed by atoms with Crippen LogP contribution in [-0.2, 0) is 13.1 Å². The molecule has 0 saturated carbocycles. The van der Waals surface area contributed by atoms with E-state index in [2.05, 4.69) is 0 Å². The minimum absolute atomic E-state index is 0.238. The first-order valence-electron chi connectivity index (χ1n) is 8.03. The lowest BCUT2D eigenvalue weighted by atomic mass is 10.2.